The van der Waals surface area contributed by atoms with E-state index in [1.807, 2.05) is 49.5 Å². The van der Waals surface area contributed by atoms with E-state index in [1.54, 1.807) is 30.0 Å². The van der Waals surface area contributed by atoms with Gasteiger partial charge in [0, 0.05) is 18.6 Å². The van der Waals surface area contributed by atoms with E-state index in [1.165, 1.54) is 0 Å². The van der Waals surface area contributed by atoms with Crippen molar-refractivity contribution in [3.05, 3.63) is 70.5 Å². The van der Waals surface area contributed by atoms with Gasteiger partial charge in [0.15, 0.2) is 11.5 Å². The van der Waals surface area contributed by atoms with Crippen molar-refractivity contribution in [2.24, 2.45) is 0 Å². The summed E-state index contributed by atoms with van der Waals surface area (Å²) in [5, 5.41) is 5.12. The number of carbonyl (C=O) groups is 1. The number of amides is 1. The molecule has 0 aliphatic heterocycles. The van der Waals surface area contributed by atoms with E-state index in [2.05, 4.69) is 18.9 Å². The fraction of sp³-hybridized carbons (Fsp3) is 0.333. The van der Waals surface area contributed by atoms with Crippen molar-refractivity contribution < 1.29 is 14.3 Å². The number of ether oxygens (including phenoxy) is 2. The van der Waals surface area contributed by atoms with E-state index in [4.69, 9.17) is 21.1 Å². The average molecular weight is 442 g/mol. The lowest BCUT2D eigenvalue weighted by molar-refractivity contribution is 0.0795. The maximum absolute atomic E-state index is 13.2. The third kappa shape index (κ3) is 5.02. The van der Waals surface area contributed by atoms with Gasteiger partial charge >= 0.3 is 0 Å². The van der Waals surface area contributed by atoms with Gasteiger partial charge in [-0.2, -0.15) is 5.10 Å². The first-order valence-electron chi connectivity index (χ1n) is 10.2. The number of benzene rings is 2. The zero-order chi connectivity index (χ0) is 22.5. The molecule has 6 nitrogen and oxygen atoms in total. The molecule has 0 saturated carbocycles. The molecule has 31 heavy (non-hydrogen) atoms. The first kappa shape index (κ1) is 22.7. The minimum absolute atomic E-state index is 0.0579. The van der Waals surface area contributed by atoms with Gasteiger partial charge in [0.2, 0.25) is 0 Å². The van der Waals surface area contributed by atoms with Crippen LogP contribution in [-0.4, -0.2) is 48.4 Å². The Balaban J connectivity index is 1.79. The SMILES string of the molecule is COc1ccc(CCN(C)C(=O)c2cnn(-c3cccc(Cl)c3)c2C(C)C)cc1OC. The Hall–Kier alpha value is -2.99. The summed E-state index contributed by atoms with van der Waals surface area (Å²) in [5.41, 5.74) is 3.37. The highest BCUT2D eigenvalue weighted by Gasteiger charge is 2.23. The summed E-state index contributed by atoms with van der Waals surface area (Å²) in [4.78, 5) is 15.0. The van der Waals surface area contributed by atoms with Crippen LogP contribution in [0.3, 0.4) is 0 Å². The van der Waals surface area contributed by atoms with Crippen LogP contribution in [-0.2, 0) is 6.42 Å². The molecule has 0 fully saturated rings. The van der Waals surface area contributed by atoms with Crippen molar-refractivity contribution >= 4 is 17.5 Å². The molecule has 2 aromatic carbocycles. The molecule has 0 saturated heterocycles. The lowest BCUT2D eigenvalue weighted by atomic mass is 10.0. The number of methoxy groups -OCH3 is 2. The molecular formula is C24H28ClN3O3. The van der Waals surface area contributed by atoms with Crippen LogP contribution in [0.5, 0.6) is 11.5 Å². The molecule has 0 bridgehead atoms. The molecule has 164 valence electrons. The zero-order valence-corrected chi connectivity index (χ0v) is 19.3. The molecule has 1 amide bonds. The molecule has 0 aliphatic rings. The summed E-state index contributed by atoms with van der Waals surface area (Å²) in [5.74, 6) is 1.42. The minimum atomic E-state index is -0.0579. The topological polar surface area (TPSA) is 56.6 Å². The van der Waals surface area contributed by atoms with Crippen LogP contribution in [0.4, 0.5) is 0 Å². The Morgan fingerprint density at radius 1 is 1.13 bits per heavy atom. The standard InChI is InChI=1S/C24H28ClN3O3/c1-16(2)23-20(15-26-28(23)19-8-6-7-18(25)14-19)24(29)27(3)12-11-17-9-10-21(30-4)22(13-17)31-5/h6-10,13-16H,11-12H2,1-5H3. The van der Waals surface area contributed by atoms with E-state index in [0.717, 1.165) is 16.9 Å². The molecule has 0 N–H and O–H groups in total. The lowest BCUT2D eigenvalue weighted by Gasteiger charge is -2.19. The number of likely N-dealkylation sites (N-methyl/N-ethyl adjacent to an activating group) is 1. The molecule has 0 radical (unpaired) electrons. The van der Waals surface area contributed by atoms with Crippen LogP contribution in [0, 0.1) is 0 Å². The molecule has 1 heterocycles. The van der Waals surface area contributed by atoms with Gasteiger partial charge in [0.25, 0.3) is 5.91 Å². The van der Waals surface area contributed by atoms with Crippen molar-refractivity contribution in [2.45, 2.75) is 26.2 Å². The fourth-order valence-corrected chi connectivity index (χ4v) is 3.72. The summed E-state index contributed by atoms with van der Waals surface area (Å²) < 4.78 is 12.5. The molecule has 0 spiro atoms. The Labute approximate surface area is 188 Å². The lowest BCUT2D eigenvalue weighted by Crippen LogP contribution is -2.29. The Kier molecular flexibility index (Phi) is 7.23. The Morgan fingerprint density at radius 3 is 2.52 bits per heavy atom. The largest absolute Gasteiger partial charge is 0.493 e. The predicted molar refractivity (Wildman–Crippen MR) is 123 cm³/mol. The van der Waals surface area contributed by atoms with Gasteiger partial charge in [-0.15, -0.1) is 0 Å². The Morgan fingerprint density at radius 2 is 1.87 bits per heavy atom. The number of carbonyl (C=O) groups excluding carboxylic acids is 1. The number of hydrogen-bond acceptors (Lipinski definition) is 4. The number of halogens is 1. The molecule has 0 aliphatic carbocycles. The number of hydrogen-bond donors (Lipinski definition) is 0. The Bertz CT molecular complexity index is 1060. The highest BCUT2D eigenvalue weighted by molar-refractivity contribution is 6.30. The summed E-state index contributed by atoms with van der Waals surface area (Å²) in [7, 11) is 5.03. The van der Waals surface area contributed by atoms with Crippen LogP contribution in [0.15, 0.2) is 48.7 Å². The van der Waals surface area contributed by atoms with Gasteiger partial charge in [0.05, 0.1) is 37.4 Å². The van der Waals surface area contributed by atoms with E-state index in [-0.39, 0.29) is 11.8 Å². The van der Waals surface area contributed by atoms with Crippen LogP contribution in [0.1, 0.15) is 41.4 Å². The van der Waals surface area contributed by atoms with Gasteiger partial charge in [-0.25, -0.2) is 4.68 Å². The van der Waals surface area contributed by atoms with Crippen LogP contribution >= 0.6 is 11.6 Å². The van der Waals surface area contributed by atoms with Gasteiger partial charge in [-0.3, -0.25) is 4.79 Å². The summed E-state index contributed by atoms with van der Waals surface area (Å²) in [6.45, 7) is 4.67. The normalized spacial score (nSPS) is 10.9. The molecule has 0 atom stereocenters. The second-order valence-corrected chi connectivity index (χ2v) is 8.09. The first-order valence-corrected chi connectivity index (χ1v) is 10.5. The van der Waals surface area contributed by atoms with E-state index < -0.39 is 0 Å². The van der Waals surface area contributed by atoms with Crippen LogP contribution < -0.4 is 9.47 Å². The van der Waals surface area contributed by atoms with Gasteiger partial charge in [-0.05, 0) is 48.2 Å². The summed E-state index contributed by atoms with van der Waals surface area (Å²) in [6.07, 6.45) is 2.34. The van der Waals surface area contributed by atoms with Gasteiger partial charge < -0.3 is 14.4 Å². The van der Waals surface area contributed by atoms with Crippen molar-refractivity contribution in [2.75, 3.05) is 27.8 Å². The maximum atomic E-state index is 13.2. The van der Waals surface area contributed by atoms with Crippen molar-refractivity contribution in [1.29, 1.82) is 0 Å². The third-order valence-corrected chi connectivity index (χ3v) is 5.40. The monoisotopic (exact) mass is 441 g/mol. The van der Waals surface area contributed by atoms with Gasteiger partial charge in [-0.1, -0.05) is 37.6 Å². The highest BCUT2D eigenvalue weighted by atomic mass is 35.5. The first-order chi connectivity index (χ1) is 14.8. The predicted octanol–water partition coefficient (Wildman–Crippen LogP) is 4.98. The van der Waals surface area contributed by atoms with E-state index in [0.29, 0.717) is 35.1 Å². The quantitative estimate of drug-likeness (QED) is 0.494. The molecule has 1 aromatic heterocycles. The van der Waals surface area contributed by atoms with Crippen molar-refractivity contribution in [3.8, 4) is 17.2 Å². The number of aromatic nitrogens is 2. The van der Waals surface area contributed by atoms with Crippen molar-refractivity contribution in [3.63, 3.8) is 0 Å². The summed E-state index contributed by atoms with van der Waals surface area (Å²) in [6, 6.07) is 13.3. The number of rotatable bonds is 8. The van der Waals surface area contributed by atoms with E-state index in [9.17, 15) is 4.79 Å². The highest BCUT2D eigenvalue weighted by Crippen LogP contribution is 2.28. The minimum Gasteiger partial charge on any atom is -0.493 e. The summed E-state index contributed by atoms with van der Waals surface area (Å²) >= 11 is 6.15. The van der Waals surface area contributed by atoms with Crippen molar-refractivity contribution in [1.82, 2.24) is 14.7 Å². The number of nitrogens with zero attached hydrogens (tertiary/aromatic N) is 3. The second kappa shape index (κ2) is 9.88. The molecule has 3 aromatic rings. The van der Waals surface area contributed by atoms with Crippen LogP contribution in [0.2, 0.25) is 5.02 Å². The molecule has 7 heteroatoms. The zero-order valence-electron chi connectivity index (χ0n) is 18.6. The maximum Gasteiger partial charge on any atom is 0.257 e. The average Bonchev–Trinajstić information content (AvgIpc) is 3.22. The molecule has 3 rings (SSSR count). The van der Waals surface area contributed by atoms with E-state index >= 15 is 0 Å². The van der Waals surface area contributed by atoms with Gasteiger partial charge in [0.1, 0.15) is 0 Å². The molecule has 0 unspecified atom stereocenters. The van der Waals surface area contributed by atoms with Crippen LogP contribution in [0.25, 0.3) is 5.69 Å². The second-order valence-electron chi connectivity index (χ2n) is 7.66. The fourth-order valence-electron chi connectivity index (χ4n) is 3.53. The molecular weight excluding hydrogens is 414 g/mol. The smallest absolute Gasteiger partial charge is 0.257 e. The third-order valence-electron chi connectivity index (χ3n) is 5.17.